The number of nitrogens with one attached hydrogen (secondary N) is 1. The number of nitrogens with two attached hydrogens (primary N) is 1. The van der Waals surface area contributed by atoms with Gasteiger partial charge in [0, 0.05) is 31.0 Å². The molecule has 2 heterocycles. The lowest BCUT2D eigenvalue weighted by Gasteiger charge is -2.25. The zero-order chi connectivity index (χ0) is 18.0. The number of anilines is 3. The number of aromatic nitrogens is 2. The summed E-state index contributed by atoms with van der Waals surface area (Å²) in [5.41, 5.74) is 8.37. The Hall–Kier alpha value is -3.16. The van der Waals surface area contributed by atoms with Crippen LogP contribution in [0.3, 0.4) is 0 Å². The summed E-state index contributed by atoms with van der Waals surface area (Å²) in [4.78, 5) is 33.7. The third-order valence-electron chi connectivity index (χ3n) is 3.97. The van der Waals surface area contributed by atoms with Crippen molar-refractivity contribution in [1.82, 2.24) is 14.9 Å². The minimum absolute atomic E-state index is 0.0204. The molecule has 3 rings (SSSR count). The summed E-state index contributed by atoms with van der Waals surface area (Å²) in [6, 6.07) is 5.47. The number of nitrogen functional groups attached to an aromatic ring is 1. The number of fused-ring (bicyclic) bond motifs is 1. The maximum Gasteiger partial charge on any atom is 0.343 e. The van der Waals surface area contributed by atoms with Crippen LogP contribution in [-0.4, -0.2) is 46.9 Å². The van der Waals surface area contributed by atoms with Gasteiger partial charge in [0.05, 0.1) is 6.61 Å². The molecule has 0 aliphatic carbocycles. The molecule has 1 aromatic heterocycles. The van der Waals surface area contributed by atoms with Gasteiger partial charge in [-0.2, -0.15) is 4.98 Å². The van der Waals surface area contributed by atoms with Gasteiger partial charge in [-0.3, -0.25) is 4.79 Å². The minimum Gasteiger partial charge on any atom is -0.462 e. The molecule has 0 bridgehead atoms. The number of hydrogen-bond donors (Lipinski definition) is 2. The number of benzene rings is 1. The van der Waals surface area contributed by atoms with Crippen LogP contribution in [0.1, 0.15) is 33.2 Å². The van der Waals surface area contributed by atoms with Crippen molar-refractivity contribution in [2.45, 2.75) is 13.3 Å². The topological polar surface area (TPSA) is 110 Å². The van der Waals surface area contributed by atoms with Gasteiger partial charge < -0.3 is 20.7 Å². The predicted octanol–water partition coefficient (Wildman–Crippen LogP) is 1.61. The number of carbonyl (C=O) groups excluding carboxylic acids is 2. The Morgan fingerprint density at radius 1 is 1.44 bits per heavy atom. The molecule has 0 radical (unpaired) electrons. The zero-order valence-corrected chi connectivity index (χ0v) is 14.1. The fourth-order valence-corrected chi connectivity index (χ4v) is 2.63. The van der Waals surface area contributed by atoms with Gasteiger partial charge in [0.25, 0.3) is 5.91 Å². The number of carbonyl (C=O) groups is 2. The van der Waals surface area contributed by atoms with Crippen LogP contribution in [0, 0.1) is 0 Å². The molecule has 25 heavy (non-hydrogen) atoms. The van der Waals surface area contributed by atoms with Gasteiger partial charge in [-0.1, -0.05) is 0 Å². The van der Waals surface area contributed by atoms with Crippen molar-refractivity contribution in [3.63, 3.8) is 0 Å². The summed E-state index contributed by atoms with van der Waals surface area (Å²) in [7, 11) is 1.79. The smallest absolute Gasteiger partial charge is 0.343 e. The van der Waals surface area contributed by atoms with Gasteiger partial charge in [-0.05, 0) is 37.1 Å². The number of ether oxygens (including phenoxy) is 1. The Labute approximate surface area is 145 Å². The Morgan fingerprint density at radius 2 is 2.24 bits per heavy atom. The fraction of sp³-hybridized carbons (Fsp3) is 0.294. The highest BCUT2D eigenvalue weighted by Crippen LogP contribution is 2.24. The summed E-state index contributed by atoms with van der Waals surface area (Å²) in [5, 5.41) is 3.04. The predicted molar refractivity (Wildman–Crippen MR) is 92.8 cm³/mol. The van der Waals surface area contributed by atoms with E-state index < -0.39 is 5.97 Å². The van der Waals surface area contributed by atoms with Crippen LogP contribution in [0.4, 0.5) is 17.5 Å². The van der Waals surface area contributed by atoms with E-state index in [2.05, 4.69) is 15.3 Å². The number of amides is 1. The number of hydrogen-bond acceptors (Lipinski definition) is 7. The second-order valence-corrected chi connectivity index (χ2v) is 5.69. The van der Waals surface area contributed by atoms with Gasteiger partial charge in [-0.15, -0.1) is 0 Å². The van der Waals surface area contributed by atoms with E-state index in [0.29, 0.717) is 12.1 Å². The van der Waals surface area contributed by atoms with Crippen molar-refractivity contribution in [2.75, 3.05) is 31.2 Å². The number of rotatable bonds is 4. The summed E-state index contributed by atoms with van der Waals surface area (Å²) < 4.78 is 4.89. The second kappa shape index (κ2) is 6.76. The van der Waals surface area contributed by atoms with Crippen LogP contribution >= 0.6 is 0 Å². The van der Waals surface area contributed by atoms with E-state index in [1.54, 1.807) is 31.0 Å². The highest BCUT2D eigenvalue weighted by atomic mass is 16.5. The Kier molecular flexibility index (Phi) is 4.51. The van der Waals surface area contributed by atoms with E-state index in [1.807, 2.05) is 6.07 Å². The van der Waals surface area contributed by atoms with Crippen LogP contribution in [0.5, 0.6) is 0 Å². The van der Waals surface area contributed by atoms with Gasteiger partial charge in [-0.25, -0.2) is 9.78 Å². The first-order chi connectivity index (χ1) is 12.0. The van der Waals surface area contributed by atoms with E-state index >= 15 is 0 Å². The quantitative estimate of drug-likeness (QED) is 0.813. The molecule has 1 aromatic carbocycles. The molecule has 130 valence electrons. The maximum atomic E-state index is 12.1. The van der Waals surface area contributed by atoms with Gasteiger partial charge in [0.1, 0.15) is 11.4 Å². The van der Waals surface area contributed by atoms with E-state index in [-0.39, 0.29) is 29.8 Å². The van der Waals surface area contributed by atoms with Crippen molar-refractivity contribution in [3.8, 4) is 0 Å². The molecule has 1 amide bonds. The number of nitrogens with zero attached hydrogens (tertiary/aromatic N) is 3. The minimum atomic E-state index is -0.553. The SMILES string of the molecule is CCOC(=O)c1cnc(Nc2ccc3c(c2)CCN(C)C3=O)nc1N. The molecule has 0 spiro atoms. The van der Waals surface area contributed by atoms with Gasteiger partial charge in [0.2, 0.25) is 5.95 Å². The van der Waals surface area contributed by atoms with Crippen molar-refractivity contribution in [1.29, 1.82) is 0 Å². The van der Waals surface area contributed by atoms with E-state index in [4.69, 9.17) is 10.5 Å². The van der Waals surface area contributed by atoms with Gasteiger partial charge >= 0.3 is 5.97 Å². The van der Waals surface area contributed by atoms with Crippen LogP contribution in [0.15, 0.2) is 24.4 Å². The molecule has 1 aliphatic heterocycles. The average Bonchev–Trinajstić information content (AvgIpc) is 2.58. The summed E-state index contributed by atoms with van der Waals surface area (Å²) in [6.07, 6.45) is 2.12. The van der Waals surface area contributed by atoms with E-state index in [0.717, 1.165) is 17.7 Å². The molecule has 3 N–H and O–H groups in total. The number of esters is 1. The average molecular weight is 341 g/mol. The van der Waals surface area contributed by atoms with Crippen LogP contribution < -0.4 is 11.1 Å². The molecule has 0 saturated carbocycles. The van der Waals surface area contributed by atoms with Crippen molar-refractivity contribution in [3.05, 3.63) is 41.1 Å². The molecule has 0 unspecified atom stereocenters. The molecule has 2 aromatic rings. The van der Waals surface area contributed by atoms with Crippen molar-refractivity contribution >= 4 is 29.3 Å². The zero-order valence-electron chi connectivity index (χ0n) is 14.1. The highest BCUT2D eigenvalue weighted by molar-refractivity contribution is 5.97. The number of likely N-dealkylation sites (N-methyl/N-ethyl adjacent to an activating group) is 1. The lowest BCUT2D eigenvalue weighted by molar-refractivity contribution is 0.0526. The van der Waals surface area contributed by atoms with Crippen LogP contribution in [-0.2, 0) is 11.2 Å². The molecular weight excluding hydrogens is 322 g/mol. The molecule has 8 nitrogen and oxygen atoms in total. The standard InChI is InChI=1S/C17H19N5O3/c1-3-25-16(24)13-9-19-17(21-14(13)18)20-11-4-5-12-10(8-11)6-7-22(2)15(12)23/h4-5,8-9H,3,6-7H2,1-2H3,(H3,18,19,20,21). The van der Waals surface area contributed by atoms with Crippen molar-refractivity contribution < 1.29 is 14.3 Å². The van der Waals surface area contributed by atoms with Gasteiger partial charge in [0.15, 0.2) is 0 Å². The van der Waals surface area contributed by atoms with Crippen LogP contribution in [0.2, 0.25) is 0 Å². The van der Waals surface area contributed by atoms with Crippen molar-refractivity contribution in [2.24, 2.45) is 0 Å². The first-order valence-electron chi connectivity index (χ1n) is 7.94. The molecule has 1 aliphatic rings. The Bertz CT molecular complexity index is 837. The second-order valence-electron chi connectivity index (χ2n) is 5.69. The Morgan fingerprint density at radius 3 is 2.96 bits per heavy atom. The molecule has 0 atom stereocenters. The lowest BCUT2D eigenvalue weighted by Crippen LogP contribution is -2.34. The first-order valence-corrected chi connectivity index (χ1v) is 7.94. The third kappa shape index (κ3) is 3.37. The molecule has 0 saturated heterocycles. The molecule has 8 heteroatoms. The maximum absolute atomic E-state index is 12.1. The third-order valence-corrected chi connectivity index (χ3v) is 3.97. The molecular formula is C17H19N5O3. The Balaban J connectivity index is 1.80. The largest absolute Gasteiger partial charge is 0.462 e. The normalized spacial score (nSPS) is 13.4. The van der Waals surface area contributed by atoms with E-state index in [9.17, 15) is 9.59 Å². The van der Waals surface area contributed by atoms with E-state index in [1.165, 1.54) is 6.20 Å². The lowest BCUT2D eigenvalue weighted by atomic mass is 9.99. The van der Waals surface area contributed by atoms with Crippen LogP contribution in [0.25, 0.3) is 0 Å². The summed E-state index contributed by atoms with van der Waals surface area (Å²) >= 11 is 0. The first kappa shape index (κ1) is 16.7. The molecule has 0 fully saturated rings. The highest BCUT2D eigenvalue weighted by Gasteiger charge is 2.21. The summed E-state index contributed by atoms with van der Waals surface area (Å²) in [6.45, 7) is 2.65. The monoisotopic (exact) mass is 341 g/mol. The summed E-state index contributed by atoms with van der Waals surface area (Å²) in [5.74, 6) is -0.217. The fourth-order valence-electron chi connectivity index (χ4n) is 2.63.